The highest BCUT2D eigenvalue weighted by Gasteiger charge is 2.69. The van der Waals surface area contributed by atoms with Crippen molar-refractivity contribution in [2.75, 3.05) is 13.1 Å². The highest BCUT2D eigenvalue weighted by Crippen LogP contribution is 2.75. The summed E-state index contributed by atoms with van der Waals surface area (Å²) in [6, 6.07) is 0. The van der Waals surface area contributed by atoms with Crippen LogP contribution in [0.2, 0.25) is 0 Å². The molecule has 2 amide bonds. The van der Waals surface area contributed by atoms with E-state index in [1.165, 1.54) is 19.3 Å². The zero-order valence-electron chi connectivity index (χ0n) is 39.5. The van der Waals surface area contributed by atoms with E-state index in [1.54, 1.807) is 5.57 Å². The lowest BCUT2D eigenvalue weighted by Crippen LogP contribution is -2.65. The van der Waals surface area contributed by atoms with Crippen molar-refractivity contribution < 1.29 is 14.7 Å². The van der Waals surface area contributed by atoms with Crippen molar-refractivity contribution in [3.05, 3.63) is 72.4 Å². The Labute approximate surface area is 367 Å². The molecule has 0 aromatic carbocycles. The molecular weight excluding hydrogens is 737 g/mol. The van der Waals surface area contributed by atoms with Crippen LogP contribution < -0.4 is 10.6 Å². The number of amides is 2. The van der Waals surface area contributed by atoms with Crippen LogP contribution in [0.5, 0.6) is 0 Å². The summed E-state index contributed by atoms with van der Waals surface area (Å²) in [5.41, 5.74) is 1.91. The number of allylic oxidation sites excluding steroid dienone is 12. The molecule has 0 spiro atoms. The minimum absolute atomic E-state index is 0.0364. The maximum atomic E-state index is 14.4. The third-order valence-electron chi connectivity index (χ3n) is 17.4. The summed E-state index contributed by atoms with van der Waals surface area (Å²) in [6.45, 7) is 18.6. The molecule has 3 N–H and O–H groups in total. The van der Waals surface area contributed by atoms with Gasteiger partial charge in [-0.25, -0.2) is 0 Å². The van der Waals surface area contributed by atoms with Gasteiger partial charge in [-0.3, -0.25) is 9.59 Å². The summed E-state index contributed by atoms with van der Waals surface area (Å²) in [6.07, 6.45) is 47.3. The smallest absolute Gasteiger partial charge is 0.226 e. The Bertz CT molecular complexity index is 1580. The molecule has 60 heavy (non-hydrogen) atoms. The lowest BCUT2D eigenvalue weighted by molar-refractivity contribution is -0.203. The molecule has 336 valence electrons. The molecule has 0 saturated heterocycles. The molecular formula is C55H88N2O3. The molecule has 4 saturated carbocycles. The summed E-state index contributed by atoms with van der Waals surface area (Å²) in [5.74, 6) is 2.53. The Balaban J connectivity index is 0.978. The molecule has 5 aliphatic carbocycles. The van der Waals surface area contributed by atoms with Crippen molar-refractivity contribution in [2.45, 2.75) is 196 Å². The molecule has 0 radical (unpaired) electrons. The number of fused-ring (bicyclic) bond motifs is 7. The molecule has 5 aliphatic rings. The molecule has 0 aliphatic heterocycles. The normalized spacial score (nSPS) is 35.1. The minimum Gasteiger partial charge on any atom is -0.393 e. The molecule has 4 fully saturated rings. The number of hydrogen-bond acceptors (Lipinski definition) is 3. The molecule has 5 rings (SSSR count). The summed E-state index contributed by atoms with van der Waals surface area (Å²) < 4.78 is 0. The summed E-state index contributed by atoms with van der Waals surface area (Å²) in [4.78, 5) is 26.8. The van der Waals surface area contributed by atoms with E-state index in [1.807, 2.05) is 0 Å². The second kappa shape index (κ2) is 22.1. The molecule has 0 heterocycles. The van der Waals surface area contributed by atoms with Crippen molar-refractivity contribution in [1.82, 2.24) is 10.6 Å². The predicted molar refractivity (Wildman–Crippen MR) is 253 cm³/mol. The van der Waals surface area contributed by atoms with Gasteiger partial charge in [0, 0.05) is 19.5 Å². The molecule has 0 bridgehead atoms. The molecule has 5 nitrogen and oxygen atoms in total. The molecule has 0 aromatic heterocycles. The van der Waals surface area contributed by atoms with Gasteiger partial charge in [-0.1, -0.05) is 147 Å². The van der Waals surface area contributed by atoms with Crippen molar-refractivity contribution >= 4 is 11.8 Å². The third kappa shape index (κ3) is 10.7. The van der Waals surface area contributed by atoms with Crippen molar-refractivity contribution in [3.63, 3.8) is 0 Å². The van der Waals surface area contributed by atoms with Crippen LogP contribution in [0.1, 0.15) is 190 Å². The van der Waals surface area contributed by atoms with Crippen molar-refractivity contribution in [2.24, 2.45) is 50.7 Å². The topological polar surface area (TPSA) is 78.4 Å². The Hall–Kier alpha value is -2.66. The fourth-order valence-corrected chi connectivity index (χ4v) is 13.8. The van der Waals surface area contributed by atoms with Crippen molar-refractivity contribution in [3.8, 4) is 0 Å². The largest absolute Gasteiger partial charge is 0.393 e. The van der Waals surface area contributed by atoms with E-state index in [2.05, 4.69) is 126 Å². The fourth-order valence-electron chi connectivity index (χ4n) is 13.8. The zero-order chi connectivity index (χ0) is 43.3. The maximum absolute atomic E-state index is 14.4. The number of carbonyl (C=O) groups is 2. The van der Waals surface area contributed by atoms with Crippen LogP contribution in [0.3, 0.4) is 0 Å². The monoisotopic (exact) mass is 825 g/mol. The van der Waals surface area contributed by atoms with Gasteiger partial charge < -0.3 is 15.7 Å². The van der Waals surface area contributed by atoms with Gasteiger partial charge >= 0.3 is 0 Å². The number of aliphatic hydroxyl groups excluding tert-OH is 1. The van der Waals surface area contributed by atoms with E-state index < -0.39 is 0 Å². The highest BCUT2D eigenvalue weighted by atomic mass is 16.3. The van der Waals surface area contributed by atoms with Crippen molar-refractivity contribution in [1.29, 1.82) is 0 Å². The molecule has 3 unspecified atom stereocenters. The zero-order valence-corrected chi connectivity index (χ0v) is 39.5. The first-order valence-corrected chi connectivity index (χ1v) is 25.0. The van der Waals surface area contributed by atoms with Crippen LogP contribution in [-0.4, -0.2) is 36.1 Å². The van der Waals surface area contributed by atoms with Crippen LogP contribution in [0.15, 0.2) is 72.4 Å². The summed E-state index contributed by atoms with van der Waals surface area (Å²) in [5, 5.41) is 17.7. The van der Waals surface area contributed by atoms with Gasteiger partial charge in [-0.2, -0.15) is 0 Å². The van der Waals surface area contributed by atoms with Gasteiger partial charge in [0.25, 0.3) is 0 Å². The number of carbonyl (C=O) groups excluding carboxylic acids is 2. The Morgan fingerprint density at radius 1 is 0.700 bits per heavy atom. The SMILES string of the molecule is CC/C=C\C/C=C\C/C=C\C/C=C\C/C=C\CCCC(=O)NCCCCCCNC(=O)[C@]12CCC[C@H](C)C1C1=CCC3[C@@]4(C)CC[C@H](O)C(C)(C)C4CC[C@@]3(C)[C@]1(C)CC2. The van der Waals surface area contributed by atoms with Crippen LogP contribution in [0.25, 0.3) is 0 Å². The molecule has 0 aromatic rings. The average Bonchev–Trinajstić information content (AvgIpc) is 3.21. The van der Waals surface area contributed by atoms with Crippen LogP contribution >= 0.6 is 0 Å². The van der Waals surface area contributed by atoms with E-state index in [-0.39, 0.29) is 39.1 Å². The molecule has 9 atom stereocenters. The highest BCUT2D eigenvalue weighted by molar-refractivity contribution is 5.84. The lowest BCUT2D eigenvalue weighted by Gasteiger charge is -2.71. The van der Waals surface area contributed by atoms with Gasteiger partial charge in [0.1, 0.15) is 0 Å². The Kier molecular flexibility index (Phi) is 17.8. The average molecular weight is 825 g/mol. The second-order valence-corrected chi connectivity index (χ2v) is 21.3. The van der Waals surface area contributed by atoms with E-state index in [0.717, 1.165) is 129 Å². The number of aliphatic hydroxyl groups is 1. The Morgan fingerprint density at radius 2 is 1.32 bits per heavy atom. The first-order valence-electron chi connectivity index (χ1n) is 25.0. The fraction of sp³-hybridized carbons (Fsp3) is 0.745. The van der Waals surface area contributed by atoms with Crippen LogP contribution in [0.4, 0.5) is 0 Å². The summed E-state index contributed by atoms with van der Waals surface area (Å²) in [7, 11) is 0. The van der Waals surface area contributed by atoms with Crippen LogP contribution in [0, 0.1) is 50.7 Å². The predicted octanol–water partition coefficient (Wildman–Crippen LogP) is 13.5. The number of unbranched alkanes of at least 4 members (excludes halogenated alkanes) is 4. The first-order chi connectivity index (χ1) is 28.8. The second-order valence-electron chi connectivity index (χ2n) is 21.3. The summed E-state index contributed by atoms with van der Waals surface area (Å²) >= 11 is 0. The van der Waals surface area contributed by atoms with E-state index >= 15 is 0 Å². The minimum atomic E-state index is -0.275. The van der Waals surface area contributed by atoms with Gasteiger partial charge in [-0.15, -0.1) is 0 Å². The van der Waals surface area contributed by atoms with Gasteiger partial charge in [0.2, 0.25) is 11.8 Å². The maximum Gasteiger partial charge on any atom is 0.226 e. The van der Waals surface area contributed by atoms with E-state index in [9.17, 15) is 14.7 Å². The molecule has 5 heteroatoms. The number of hydrogen-bond donors (Lipinski definition) is 3. The third-order valence-corrected chi connectivity index (χ3v) is 17.4. The Morgan fingerprint density at radius 3 is 1.97 bits per heavy atom. The van der Waals surface area contributed by atoms with Gasteiger partial charge in [-0.05, 0) is 154 Å². The van der Waals surface area contributed by atoms with Gasteiger partial charge in [0.15, 0.2) is 0 Å². The van der Waals surface area contributed by atoms with E-state index in [0.29, 0.717) is 36.0 Å². The number of nitrogens with one attached hydrogen (secondary N) is 2. The number of rotatable bonds is 21. The van der Waals surface area contributed by atoms with Crippen LogP contribution in [-0.2, 0) is 9.59 Å². The quantitative estimate of drug-likeness (QED) is 0.0797. The van der Waals surface area contributed by atoms with Gasteiger partial charge in [0.05, 0.1) is 11.5 Å². The van der Waals surface area contributed by atoms with E-state index in [4.69, 9.17) is 0 Å². The lowest BCUT2D eigenvalue weighted by atomic mass is 9.33. The first kappa shape index (κ1) is 48.4. The standard InChI is InChI=1S/C55H88N2O3/c1-8-9-10-11-12-13-14-15-16-17-18-19-20-21-22-23-26-31-48(59)56-41-27-24-25-28-42-57-50(60)55-36-29-30-43(2)49(55)44-32-33-46-52(5)37-35-47(58)51(3,4)45(52)34-38-54(46,7)53(44,6)39-40-55/h9-10,12-13,15-16,18-19,21-22,32,43,45-47,49,58H,8,11,14,17,20,23-31,33-42H2,1-7H3,(H,56,59)(H,57,60)/b10-9-,13-12-,16-15-,19-18-,22-21-/t43-,45?,46?,47-,49?,52-,53+,54+,55-/m0/s1.